The zero-order valence-corrected chi connectivity index (χ0v) is 13.4. The van der Waals surface area contributed by atoms with Gasteiger partial charge < -0.3 is 15.0 Å². The predicted molar refractivity (Wildman–Crippen MR) is 84.3 cm³/mol. The number of aryl methyl sites for hydroxylation is 1. The molecule has 0 aliphatic carbocycles. The highest BCUT2D eigenvalue weighted by Crippen LogP contribution is 2.38. The normalized spacial score (nSPS) is 20.9. The van der Waals surface area contributed by atoms with Gasteiger partial charge in [0.15, 0.2) is 0 Å². The summed E-state index contributed by atoms with van der Waals surface area (Å²) >= 11 is 0. The Morgan fingerprint density at radius 3 is 2.33 bits per heavy atom. The Kier molecular flexibility index (Phi) is 4.29. The lowest BCUT2D eigenvalue weighted by molar-refractivity contribution is 0.00578. The molecule has 5 heteroatoms. The van der Waals surface area contributed by atoms with E-state index in [0.29, 0.717) is 5.56 Å². The Hall–Kier alpha value is -1.17. The summed E-state index contributed by atoms with van der Waals surface area (Å²) in [5.74, 6) is -0.275. The third-order valence-electron chi connectivity index (χ3n) is 4.28. The second-order valence-electron chi connectivity index (χ2n) is 6.54. The highest BCUT2D eigenvalue weighted by atomic mass is 19.1. The maximum absolute atomic E-state index is 13.9. The molecule has 0 radical (unpaired) electrons. The molecule has 1 aromatic rings. The second kappa shape index (κ2) is 5.56. The molecular formula is C16H23BFNO2. The minimum absolute atomic E-state index is 0.254. The van der Waals surface area contributed by atoms with Gasteiger partial charge >= 0.3 is 7.12 Å². The molecule has 1 saturated heterocycles. The lowest BCUT2D eigenvalue weighted by Gasteiger charge is -2.32. The van der Waals surface area contributed by atoms with E-state index in [-0.39, 0.29) is 12.4 Å². The van der Waals surface area contributed by atoms with Crippen LogP contribution in [0.25, 0.3) is 6.08 Å². The third kappa shape index (κ3) is 3.20. The lowest BCUT2D eigenvalue weighted by Crippen LogP contribution is -2.41. The van der Waals surface area contributed by atoms with Crippen molar-refractivity contribution >= 4 is 13.2 Å². The van der Waals surface area contributed by atoms with E-state index >= 15 is 0 Å². The number of hydrogen-bond acceptors (Lipinski definition) is 3. The van der Waals surface area contributed by atoms with Crippen LogP contribution in [-0.4, -0.2) is 24.9 Å². The maximum atomic E-state index is 13.9. The minimum Gasteiger partial charge on any atom is -0.400 e. The molecule has 0 amide bonds. The highest BCUT2D eigenvalue weighted by Gasteiger charge is 2.52. The Balaban J connectivity index is 2.33. The quantitative estimate of drug-likeness (QED) is 0.870. The van der Waals surface area contributed by atoms with Crippen molar-refractivity contribution in [2.24, 2.45) is 5.73 Å². The van der Waals surface area contributed by atoms with Gasteiger partial charge in [-0.1, -0.05) is 17.7 Å². The van der Waals surface area contributed by atoms with Crippen molar-refractivity contribution in [3.05, 3.63) is 40.6 Å². The maximum Gasteiger partial charge on any atom is 0.491 e. The van der Waals surface area contributed by atoms with E-state index < -0.39 is 18.3 Å². The molecule has 2 rings (SSSR count). The molecule has 0 bridgehead atoms. The summed E-state index contributed by atoms with van der Waals surface area (Å²) < 4.78 is 25.8. The molecule has 1 aliphatic rings. The van der Waals surface area contributed by atoms with Gasteiger partial charge in [0, 0.05) is 12.1 Å². The van der Waals surface area contributed by atoms with Crippen molar-refractivity contribution in [1.82, 2.24) is 0 Å². The van der Waals surface area contributed by atoms with E-state index in [1.54, 1.807) is 18.2 Å². The van der Waals surface area contributed by atoms with E-state index in [4.69, 9.17) is 15.0 Å². The fraction of sp³-hybridized carbons (Fsp3) is 0.500. The van der Waals surface area contributed by atoms with Gasteiger partial charge in [0.25, 0.3) is 0 Å². The van der Waals surface area contributed by atoms with Crippen molar-refractivity contribution in [1.29, 1.82) is 0 Å². The van der Waals surface area contributed by atoms with E-state index in [1.807, 2.05) is 34.6 Å². The topological polar surface area (TPSA) is 44.5 Å². The smallest absolute Gasteiger partial charge is 0.400 e. The number of rotatable bonds is 3. The van der Waals surface area contributed by atoms with Gasteiger partial charge in [-0.2, -0.15) is 0 Å². The third-order valence-corrected chi connectivity index (χ3v) is 4.28. The summed E-state index contributed by atoms with van der Waals surface area (Å²) in [6.45, 7) is 10.1. The van der Waals surface area contributed by atoms with Gasteiger partial charge in [0.05, 0.1) is 11.2 Å². The number of nitrogens with two attached hydrogens (primary N) is 1. The van der Waals surface area contributed by atoms with Crippen LogP contribution in [0.3, 0.4) is 0 Å². The summed E-state index contributed by atoms with van der Waals surface area (Å²) in [5, 5.41) is 0. The van der Waals surface area contributed by atoms with Crippen molar-refractivity contribution in [2.45, 2.75) is 45.8 Å². The molecule has 114 valence electrons. The fourth-order valence-corrected chi connectivity index (χ4v) is 2.19. The molecule has 0 spiro atoms. The van der Waals surface area contributed by atoms with Crippen molar-refractivity contribution in [3.63, 3.8) is 0 Å². The van der Waals surface area contributed by atoms with Crippen LogP contribution in [0.4, 0.5) is 4.39 Å². The monoisotopic (exact) mass is 291 g/mol. The van der Waals surface area contributed by atoms with Crippen molar-refractivity contribution in [2.75, 3.05) is 6.54 Å². The number of hydrogen-bond donors (Lipinski definition) is 1. The average molecular weight is 291 g/mol. The van der Waals surface area contributed by atoms with Gasteiger partial charge in [0.2, 0.25) is 0 Å². The van der Waals surface area contributed by atoms with Crippen LogP contribution in [0.5, 0.6) is 0 Å². The summed E-state index contributed by atoms with van der Waals surface area (Å²) in [5.41, 5.74) is 7.18. The van der Waals surface area contributed by atoms with Gasteiger partial charge in [-0.3, -0.25) is 0 Å². The average Bonchev–Trinajstić information content (AvgIpc) is 2.59. The first-order valence-corrected chi connectivity index (χ1v) is 7.18. The molecule has 0 unspecified atom stereocenters. The van der Waals surface area contributed by atoms with E-state index in [0.717, 1.165) is 11.0 Å². The SMILES string of the molecule is Cc1ccc(F)c(C=C(CN)B2OC(C)(C)C(C)(C)O2)c1. The molecule has 3 nitrogen and oxygen atoms in total. The standard InChI is InChI=1S/C16H23BFNO2/c1-11-6-7-14(18)12(8-11)9-13(10-19)17-20-15(2,3)16(4,5)21-17/h6-9H,10,19H2,1-5H3. The van der Waals surface area contributed by atoms with Crippen LogP contribution in [-0.2, 0) is 9.31 Å². The van der Waals surface area contributed by atoms with Gasteiger partial charge in [-0.05, 0) is 52.2 Å². The Morgan fingerprint density at radius 2 is 1.81 bits per heavy atom. The molecule has 0 saturated carbocycles. The molecular weight excluding hydrogens is 268 g/mol. The summed E-state index contributed by atoms with van der Waals surface area (Å²) in [7, 11) is -0.542. The first-order valence-electron chi connectivity index (χ1n) is 7.18. The fourth-order valence-electron chi connectivity index (χ4n) is 2.19. The van der Waals surface area contributed by atoms with Crippen LogP contribution >= 0.6 is 0 Å². The molecule has 1 heterocycles. The van der Waals surface area contributed by atoms with Crippen LogP contribution in [0, 0.1) is 12.7 Å². The molecule has 2 N–H and O–H groups in total. The Bertz CT molecular complexity index is 553. The largest absolute Gasteiger partial charge is 0.491 e. The van der Waals surface area contributed by atoms with Crippen LogP contribution in [0.15, 0.2) is 23.7 Å². The van der Waals surface area contributed by atoms with Crippen LogP contribution < -0.4 is 5.73 Å². The van der Waals surface area contributed by atoms with Gasteiger partial charge in [0.1, 0.15) is 5.82 Å². The van der Waals surface area contributed by atoms with E-state index in [1.165, 1.54) is 6.07 Å². The zero-order valence-electron chi connectivity index (χ0n) is 13.4. The molecule has 1 fully saturated rings. The summed E-state index contributed by atoms with van der Waals surface area (Å²) in [6, 6.07) is 4.99. The first-order chi connectivity index (χ1) is 9.66. The highest BCUT2D eigenvalue weighted by molar-refractivity contribution is 6.55. The van der Waals surface area contributed by atoms with Crippen molar-refractivity contribution < 1.29 is 13.7 Å². The first kappa shape index (κ1) is 16.2. The zero-order chi connectivity index (χ0) is 15.8. The van der Waals surface area contributed by atoms with Crippen LogP contribution in [0.2, 0.25) is 0 Å². The molecule has 0 atom stereocenters. The predicted octanol–water partition coefficient (Wildman–Crippen LogP) is 3.11. The van der Waals surface area contributed by atoms with Crippen LogP contribution in [0.1, 0.15) is 38.8 Å². The summed E-state index contributed by atoms with van der Waals surface area (Å²) in [6.07, 6.45) is 1.73. The summed E-state index contributed by atoms with van der Waals surface area (Å²) in [4.78, 5) is 0. The molecule has 1 aromatic carbocycles. The van der Waals surface area contributed by atoms with E-state index in [2.05, 4.69) is 0 Å². The molecule has 21 heavy (non-hydrogen) atoms. The number of benzene rings is 1. The van der Waals surface area contributed by atoms with Gasteiger partial charge in [-0.15, -0.1) is 0 Å². The van der Waals surface area contributed by atoms with Crippen molar-refractivity contribution in [3.8, 4) is 0 Å². The number of halogens is 1. The second-order valence-corrected chi connectivity index (χ2v) is 6.54. The minimum atomic E-state index is -0.542. The van der Waals surface area contributed by atoms with Gasteiger partial charge in [-0.25, -0.2) is 4.39 Å². The Morgan fingerprint density at radius 1 is 1.24 bits per heavy atom. The molecule has 0 aromatic heterocycles. The lowest BCUT2D eigenvalue weighted by atomic mass is 9.77. The van der Waals surface area contributed by atoms with E-state index in [9.17, 15) is 4.39 Å². The Labute approximate surface area is 126 Å². The molecule has 1 aliphatic heterocycles.